The molecular weight excluding hydrogens is 246 g/mol. The van der Waals surface area contributed by atoms with Gasteiger partial charge < -0.3 is 20.3 Å². The number of carbonyl (C=O) groups is 2. The van der Waals surface area contributed by atoms with Crippen LogP contribution in [0.5, 0.6) is 0 Å². The zero-order valence-electron chi connectivity index (χ0n) is 10.4. The molecule has 100 valence electrons. The van der Waals surface area contributed by atoms with Crippen molar-refractivity contribution in [3.8, 4) is 0 Å². The Labute approximate surface area is 105 Å². The first-order valence-electron chi connectivity index (χ1n) is 5.14. The molecule has 1 amide bonds. The molecule has 0 saturated heterocycles. The number of hydrogen-bond donors (Lipinski definition) is 3. The maximum Gasteiger partial charge on any atom is 0.408 e. The second-order valence-electron chi connectivity index (χ2n) is 4.47. The molecule has 0 radical (unpaired) electrons. The second-order valence-corrected chi connectivity index (χ2v) is 5.82. The van der Waals surface area contributed by atoms with Gasteiger partial charge in [-0.15, -0.1) is 11.8 Å². The molecule has 3 N–H and O–H groups in total. The summed E-state index contributed by atoms with van der Waals surface area (Å²) in [5, 5.41) is 20.1. The van der Waals surface area contributed by atoms with Crippen LogP contribution in [-0.2, 0) is 9.53 Å². The van der Waals surface area contributed by atoms with Crippen LogP contribution in [0.25, 0.3) is 0 Å². The molecule has 0 saturated carbocycles. The molecule has 0 aromatic carbocycles. The Hall–Kier alpha value is -0.950. The lowest BCUT2D eigenvalue weighted by molar-refractivity contribution is -0.138. The first-order valence-corrected chi connectivity index (χ1v) is 6.18. The highest BCUT2D eigenvalue weighted by Gasteiger charge is 2.24. The highest BCUT2D eigenvalue weighted by atomic mass is 32.2. The third-order valence-corrected chi connectivity index (χ3v) is 2.50. The first-order chi connectivity index (χ1) is 7.61. The van der Waals surface area contributed by atoms with E-state index in [0.717, 1.165) is 11.8 Å². The second kappa shape index (κ2) is 6.70. The van der Waals surface area contributed by atoms with Gasteiger partial charge in [-0.3, -0.25) is 0 Å². The molecule has 0 spiro atoms. The number of ether oxygens (including phenoxy) is 1. The summed E-state index contributed by atoms with van der Waals surface area (Å²) in [4.78, 5) is 22.2. The zero-order chi connectivity index (χ0) is 13.6. The van der Waals surface area contributed by atoms with Gasteiger partial charge in [0.1, 0.15) is 11.6 Å². The zero-order valence-corrected chi connectivity index (χ0v) is 11.2. The van der Waals surface area contributed by atoms with E-state index in [0.29, 0.717) is 0 Å². The van der Waals surface area contributed by atoms with Crippen LogP contribution in [0.1, 0.15) is 27.7 Å². The molecule has 0 unspecified atom stereocenters. The fourth-order valence-corrected chi connectivity index (χ4v) is 1.56. The number of carboxylic acid groups (broad SMARTS) is 1. The number of aliphatic hydroxyl groups is 1. The SMILES string of the molecule is C[C@@H](O)SC[C@H](NC(=O)OC(C)(C)C)C(=O)O. The Morgan fingerprint density at radius 2 is 1.94 bits per heavy atom. The van der Waals surface area contributed by atoms with Gasteiger partial charge in [-0.05, 0) is 27.7 Å². The van der Waals surface area contributed by atoms with E-state index in [1.807, 2.05) is 0 Å². The van der Waals surface area contributed by atoms with E-state index in [9.17, 15) is 9.59 Å². The summed E-state index contributed by atoms with van der Waals surface area (Å²) < 4.78 is 4.94. The van der Waals surface area contributed by atoms with Gasteiger partial charge in [0.15, 0.2) is 0 Å². The van der Waals surface area contributed by atoms with Crippen LogP contribution in [0, 0.1) is 0 Å². The van der Waals surface area contributed by atoms with Crippen molar-refractivity contribution < 1.29 is 24.5 Å². The number of aliphatic carboxylic acids is 1. The van der Waals surface area contributed by atoms with Crippen LogP contribution in [0.3, 0.4) is 0 Å². The van der Waals surface area contributed by atoms with Crippen molar-refractivity contribution in [3.05, 3.63) is 0 Å². The highest BCUT2D eigenvalue weighted by Crippen LogP contribution is 2.10. The molecule has 17 heavy (non-hydrogen) atoms. The van der Waals surface area contributed by atoms with Crippen molar-refractivity contribution in [1.29, 1.82) is 0 Å². The number of rotatable bonds is 5. The molecule has 0 aliphatic carbocycles. The molecule has 0 aliphatic heterocycles. The molecule has 0 fully saturated rings. The monoisotopic (exact) mass is 265 g/mol. The van der Waals surface area contributed by atoms with Crippen LogP contribution >= 0.6 is 11.8 Å². The molecule has 0 aliphatic rings. The minimum absolute atomic E-state index is 0.0756. The molecular formula is C10H19NO5S. The lowest BCUT2D eigenvalue weighted by Gasteiger charge is -2.22. The Morgan fingerprint density at radius 3 is 2.29 bits per heavy atom. The number of aliphatic hydroxyl groups excluding tert-OH is 1. The molecule has 0 aromatic rings. The molecule has 6 nitrogen and oxygen atoms in total. The van der Waals surface area contributed by atoms with Crippen LogP contribution in [0.15, 0.2) is 0 Å². The number of thioether (sulfide) groups is 1. The van der Waals surface area contributed by atoms with E-state index >= 15 is 0 Å². The van der Waals surface area contributed by atoms with Crippen molar-refractivity contribution in [1.82, 2.24) is 5.32 Å². The average Bonchev–Trinajstić information content (AvgIpc) is 2.08. The predicted octanol–water partition coefficient (Wildman–Crippen LogP) is 1.04. The summed E-state index contributed by atoms with van der Waals surface area (Å²) in [6.45, 7) is 6.59. The quantitative estimate of drug-likeness (QED) is 0.643. The van der Waals surface area contributed by atoms with Gasteiger partial charge in [-0.2, -0.15) is 0 Å². The molecule has 0 aromatic heterocycles. The van der Waals surface area contributed by atoms with Gasteiger partial charge in [0.05, 0.1) is 5.44 Å². The average molecular weight is 265 g/mol. The van der Waals surface area contributed by atoms with Gasteiger partial charge in [0, 0.05) is 5.75 Å². The molecule has 7 heteroatoms. The topological polar surface area (TPSA) is 95.9 Å². The van der Waals surface area contributed by atoms with E-state index in [4.69, 9.17) is 14.9 Å². The summed E-state index contributed by atoms with van der Waals surface area (Å²) in [6, 6.07) is -1.08. The lowest BCUT2D eigenvalue weighted by atomic mass is 10.2. The lowest BCUT2D eigenvalue weighted by Crippen LogP contribution is -2.45. The number of hydrogen-bond acceptors (Lipinski definition) is 5. The fraction of sp³-hybridized carbons (Fsp3) is 0.800. The summed E-state index contributed by atoms with van der Waals surface area (Å²) in [6.07, 6.45) is -0.781. The Morgan fingerprint density at radius 1 is 1.41 bits per heavy atom. The van der Waals surface area contributed by atoms with Crippen LogP contribution < -0.4 is 5.32 Å². The largest absolute Gasteiger partial charge is 0.480 e. The van der Waals surface area contributed by atoms with Gasteiger partial charge >= 0.3 is 12.1 Å². The third-order valence-electron chi connectivity index (χ3n) is 1.49. The van der Waals surface area contributed by atoms with Crippen molar-refractivity contribution in [3.63, 3.8) is 0 Å². The van der Waals surface area contributed by atoms with Gasteiger partial charge in [-0.25, -0.2) is 9.59 Å². The van der Waals surface area contributed by atoms with Crippen molar-refractivity contribution >= 4 is 23.8 Å². The molecule has 0 bridgehead atoms. The molecule has 0 rings (SSSR count). The van der Waals surface area contributed by atoms with Gasteiger partial charge in [0.2, 0.25) is 0 Å². The van der Waals surface area contributed by atoms with Gasteiger partial charge in [-0.1, -0.05) is 0 Å². The highest BCUT2D eigenvalue weighted by molar-refractivity contribution is 7.99. The van der Waals surface area contributed by atoms with Crippen LogP contribution in [-0.4, -0.2) is 45.1 Å². The fourth-order valence-electron chi connectivity index (χ4n) is 0.860. The minimum atomic E-state index is -1.16. The summed E-state index contributed by atoms with van der Waals surface area (Å²) in [7, 11) is 0. The number of carbonyl (C=O) groups excluding carboxylic acids is 1. The van der Waals surface area contributed by atoms with Gasteiger partial charge in [0.25, 0.3) is 0 Å². The van der Waals surface area contributed by atoms with Crippen molar-refractivity contribution in [2.45, 2.75) is 44.8 Å². The van der Waals surface area contributed by atoms with Crippen molar-refractivity contribution in [2.24, 2.45) is 0 Å². The predicted molar refractivity (Wildman–Crippen MR) is 64.9 cm³/mol. The number of nitrogens with one attached hydrogen (secondary N) is 1. The number of alkyl carbamates (subject to hydrolysis) is 1. The van der Waals surface area contributed by atoms with E-state index in [1.54, 1.807) is 20.8 Å². The van der Waals surface area contributed by atoms with E-state index in [2.05, 4.69) is 5.32 Å². The maximum absolute atomic E-state index is 11.3. The maximum atomic E-state index is 11.3. The van der Waals surface area contributed by atoms with E-state index in [-0.39, 0.29) is 5.75 Å². The van der Waals surface area contributed by atoms with Crippen LogP contribution in [0.4, 0.5) is 4.79 Å². The molecule has 2 atom stereocenters. The van der Waals surface area contributed by atoms with Crippen LogP contribution in [0.2, 0.25) is 0 Å². The smallest absolute Gasteiger partial charge is 0.408 e. The summed E-state index contributed by atoms with van der Waals surface area (Å²) in [5.41, 5.74) is -1.36. The standard InChI is InChI=1S/C10H19NO5S/c1-6(12)17-5-7(8(13)14)11-9(15)16-10(2,3)4/h6-7,12H,5H2,1-4H3,(H,11,15)(H,13,14)/t6-,7-/m0/s1. The Bertz CT molecular complexity index is 274. The van der Waals surface area contributed by atoms with E-state index in [1.165, 1.54) is 6.92 Å². The van der Waals surface area contributed by atoms with Crippen molar-refractivity contribution in [2.75, 3.05) is 5.75 Å². The normalized spacial score (nSPS) is 14.9. The summed E-state index contributed by atoms with van der Waals surface area (Å²) >= 11 is 1.03. The Kier molecular flexibility index (Phi) is 6.33. The summed E-state index contributed by atoms with van der Waals surface area (Å²) in [5.74, 6) is -1.09. The Balaban J connectivity index is 4.26. The first kappa shape index (κ1) is 16.1. The minimum Gasteiger partial charge on any atom is -0.480 e. The third kappa shape index (κ3) is 8.82. The number of amides is 1. The number of carboxylic acids is 1. The van der Waals surface area contributed by atoms with E-state index < -0.39 is 29.1 Å². The molecule has 0 heterocycles.